The van der Waals surface area contributed by atoms with Crippen LogP contribution in [0.15, 0.2) is 36.9 Å². The topological polar surface area (TPSA) is 44.9 Å². The van der Waals surface area contributed by atoms with E-state index < -0.39 is 0 Å². The fraction of sp³-hybridized carbons (Fsp3) is 0.286. The van der Waals surface area contributed by atoms with Gasteiger partial charge in [-0.2, -0.15) is 5.26 Å². The van der Waals surface area contributed by atoms with E-state index in [2.05, 4.69) is 16.0 Å². The molecular formula is C14H15ClN4. The highest BCUT2D eigenvalue weighted by molar-refractivity contribution is 6.30. The molecule has 0 fully saturated rings. The second kappa shape index (κ2) is 6.26. The fourth-order valence-electron chi connectivity index (χ4n) is 1.96. The Morgan fingerprint density at radius 3 is 3.00 bits per heavy atom. The third-order valence-corrected chi connectivity index (χ3v) is 3.19. The van der Waals surface area contributed by atoms with Gasteiger partial charge in [0.05, 0.1) is 17.6 Å². The summed E-state index contributed by atoms with van der Waals surface area (Å²) >= 11 is 5.89. The molecule has 1 aromatic heterocycles. The highest BCUT2D eigenvalue weighted by Crippen LogP contribution is 2.22. The maximum Gasteiger partial charge on any atom is 0.101 e. The number of nitrogens with zero attached hydrogens (tertiary/aromatic N) is 4. The van der Waals surface area contributed by atoms with Crippen molar-refractivity contribution in [2.24, 2.45) is 0 Å². The monoisotopic (exact) mass is 274 g/mol. The number of hydrogen-bond acceptors (Lipinski definition) is 3. The average molecular weight is 275 g/mol. The van der Waals surface area contributed by atoms with E-state index in [1.807, 2.05) is 36.3 Å². The zero-order valence-corrected chi connectivity index (χ0v) is 11.5. The van der Waals surface area contributed by atoms with Crippen LogP contribution in [0.25, 0.3) is 0 Å². The van der Waals surface area contributed by atoms with Crippen molar-refractivity contribution in [1.82, 2.24) is 9.55 Å². The Morgan fingerprint density at radius 2 is 2.32 bits per heavy atom. The minimum absolute atomic E-state index is 0.590. The van der Waals surface area contributed by atoms with Crippen LogP contribution in [0.4, 0.5) is 5.69 Å². The molecule has 0 saturated heterocycles. The fourth-order valence-corrected chi connectivity index (χ4v) is 2.13. The molecule has 0 spiro atoms. The van der Waals surface area contributed by atoms with Gasteiger partial charge in [0.25, 0.3) is 0 Å². The molecule has 0 radical (unpaired) electrons. The van der Waals surface area contributed by atoms with Crippen molar-refractivity contribution in [1.29, 1.82) is 5.26 Å². The van der Waals surface area contributed by atoms with Crippen molar-refractivity contribution >= 4 is 17.3 Å². The molecule has 0 atom stereocenters. The first-order valence-electron chi connectivity index (χ1n) is 6.07. The number of anilines is 1. The Hall–Kier alpha value is -1.99. The second-order valence-corrected chi connectivity index (χ2v) is 4.79. The SMILES string of the molecule is CN(CCCn1ccnc1)c1ccc(Cl)cc1C#N. The van der Waals surface area contributed by atoms with Crippen molar-refractivity contribution in [3.05, 3.63) is 47.5 Å². The molecule has 2 aromatic rings. The van der Waals surface area contributed by atoms with Crippen LogP contribution in [0.5, 0.6) is 0 Å². The number of halogens is 1. The summed E-state index contributed by atoms with van der Waals surface area (Å²) in [5.74, 6) is 0. The zero-order valence-electron chi connectivity index (χ0n) is 10.8. The van der Waals surface area contributed by atoms with Gasteiger partial charge in [0, 0.05) is 37.6 Å². The number of aryl methyl sites for hydroxylation is 1. The first-order valence-corrected chi connectivity index (χ1v) is 6.45. The standard InChI is InChI=1S/C14H15ClN4/c1-18(6-2-7-19-8-5-17-11-19)14-4-3-13(15)9-12(14)10-16/h3-5,8-9,11H,2,6-7H2,1H3. The summed E-state index contributed by atoms with van der Waals surface area (Å²) in [5.41, 5.74) is 1.52. The highest BCUT2D eigenvalue weighted by Gasteiger charge is 2.07. The predicted molar refractivity (Wildman–Crippen MR) is 76.3 cm³/mol. The Balaban J connectivity index is 1.96. The van der Waals surface area contributed by atoms with Crippen LogP contribution in [0.3, 0.4) is 0 Å². The molecule has 0 amide bonds. The minimum atomic E-state index is 0.590. The summed E-state index contributed by atoms with van der Waals surface area (Å²) in [6, 6.07) is 7.57. The van der Waals surface area contributed by atoms with Gasteiger partial charge in [-0.15, -0.1) is 0 Å². The summed E-state index contributed by atoms with van der Waals surface area (Å²) < 4.78 is 2.04. The van der Waals surface area contributed by atoms with E-state index in [1.165, 1.54) is 0 Å². The zero-order chi connectivity index (χ0) is 13.7. The van der Waals surface area contributed by atoms with Crippen LogP contribution in [0, 0.1) is 11.3 Å². The summed E-state index contributed by atoms with van der Waals surface area (Å²) in [4.78, 5) is 6.08. The van der Waals surface area contributed by atoms with Crippen LogP contribution in [0.1, 0.15) is 12.0 Å². The number of nitriles is 1. The van der Waals surface area contributed by atoms with Crippen LogP contribution in [-0.2, 0) is 6.54 Å². The molecule has 2 rings (SSSR count). The molecule has 0 aliphatic heterocycles. The number of rotatable bonds is 5. The van der Waals surface area contributed by atoms with Crippen molar-refractivity contribution in [2.75, 3.05) is 18.5 Å². The van der Waals surface area contributed by atoms with Crippen molar-refractivity contribution < 1.29 is 0 Å². The summed E-state index contributed by atoms with van der Waals surface area (Å²) in [6.45, 7) is 1.79. The van der Waals surface area contributed by atoms with Gasteiger partial charge in [-0.05, 0) is 24.6 Å². The molecule has 5 heteroatoms. The number of aromatic nitrogens is 2. The van der Waals surface area contributed by atoms with E-state index in [9.17, 15) is 0 Å². The predicted octanol–water partition coefficient (Wildman–Crippen LogP) is 2.93. The molecule has 19 heavy (non-hydrogen) atoms. The Kier molecular flexibility index (Phi) is 4.43. The van der Waals surface area contributed by atoms with E-state index in [0.717, 1.165) is 25.2 Å². The van der Waals surface area contributed by atoms with Crippen molar-refractivity contribution in [3.8, 4) is 6.07 Å². The largest absolute Gasteiger partial charge is 0.373 e. The number of imidazole rings is 1. The first-order chi connectivity index (χ1) is 9.20. The summed E-state index contributed by atoms with van der Waals surface area (Å²) in [5, 5.41) is 9.71. The van der Waals surface area contributed by atoms with E-state index in [1.54, 1.807) is 12.3 Å². The molecule has 4 nitrogen and oxygen atoms in total. The summed E-state index contributed by atoms with van der Waals surface area (Å²) in [7, 11) is 1.98. The lowest BCUT2D eigenvalue weighted by molar-refractivity contribution is 0.637. The Labute approximate surface area is 117 Å². The molecule has 0 bridgehead atoms. The maximum atomic E-state index is 9.12. The van der Waals surface area contributed by atoms with Gasteiger partial charge in [0.15, 0.2) is 0 Å². The van der Waals surface area contributed by atoms with E-state index in [-0.39, 0.29) is 0 Å². The Morgan fingerprint density at radius 1 is 1.47 bits per heavy atom. The van der Waals surface area contributed by atoms with Crippen LogP contribution >= 0.6 is 11.6 Å². The number of benzene rings is 1. The van der Waals surface area contributed by atoms with Crippen LogP contribution in [0.2, 0.25) is 5.02 Å². The van der Waals surface area contributed by atoms with Gasteiger partial charge < -0.3 is 9.47 Å². The third kappa shape index (κ3) is 3.49. The van der Waals surface area contributed by atoms with E-state index >= 15 is 0 Å². The van der Waals surface area contributed by atoms with Crippen LogP contribution < -0.4 is 4.90 Å². The molecule has 0 aliphatic carbocycles. The smallest absolute Gasteiger partial charge is 0.101 e. The third-order valence-electron chi connectivity index (χ3n) is 2.96. The van der Waals surface area contributed by atoms with E-state index in [0.29, 0.717) is 10.6 Å². The molecule has 1 aromatic carbocycles. The van der Waals surface area contributed by atoms with Crippen molar-refractivity contribution in [3.63, 3.8) is 0 Å². The molecule has 0 aliphatic rings. The van der Waals surface area contributed by atoms with Gasteiger partial charge in [-0.1, -0.05) is 11.6 Å². The van der Waals surface area contributed by atoms with Gasteiger partial charge >= 0.3 is 0 Å². The van der Waals surface area contributed by atoms with Crippen molar-refractivity contribution in [2.45, 2.75) is 13.0 Å². The maximum absolute atomic E-state index is 9.12. The molecular weight excluding hydrogens is 260 g/mol. The lowest BCUT2D eigenvalue weighted by Gasteiger charge is -2.20. The molecule has 1 heterocycles. The quantitative estimate of drug-likeness (QED) is 0.842. The number of hydrogen-bond donors (Lipinski definition) is 0. The molecule has 0 N–H and O–H groups in total. The molecule has 0 unspecified atom stereocenters. The Bertz CT molecular complexity index is 572. The second-order valence-electron chi connectivity index (χ2n) is 4.35. The average Bonchev–Trinajstić information content (AvgIpc) is 2.91. The van der Waals surface area contributed by atoms with Crippen LogP contribution in [-0.4, -0.2) is 23.1 Å². The lowest BCUT2D eigenvalue weighted by Crippen LogP contribution is -2.20. The molecule has 98 valence electrons. The normalized spacial score (nSPS) is 10.2. The highest BCUT2D eigenvalue weighted by atomic mass is 35.5. The van der Waals surface area contributed by atoms with Gasteiger partial charge in [0.2, 0.25) is 0 Å². The lowest BCUT2D eigenvalue weighted by atomic mass is 10.1. The summed E-state index contributed by atoms with van der Waals surface area (Å²) in [6.07, 6.45) is 6.52. The van der Waals surface area contributed by atoms with Gasteiger partial charge in [-0.3, -0.25) is 0 Å². The minimum Gasteiger partial charge on any atom is -0.373 e. The van der Waals surface area contributed by atoms with Gasteiger partial charge in [0.1, 0.15) is 6.07 Å². The molecule has 0 saturated carbocycles. The van der Waals surface area contributed by atoms with Gasteiger partial charge in [-0.25, -0.2) is 4.98 Å². The first kappa shape index (κ1) is 13.4. The van der Waals surface area contributed by atoms with E-state index in [4.69, 9.17) is 16.9 Å².